The van der Waals surface area contributed by atoms with Gasteiger partial charge in [-0.2, -0.15) is 5.10 Å². The standard InChI is InChI=1S/C20H22N2S/c1-12-17-13-8-7-9-14(13)18-19(2,20(17,3)22(4)21-12)15-10-5-6-11-16(15)23-18/h5-6,10-11H,7-9H2,1-4H3. The molecule has 0 aromatic heterocycles. The lowest BCUT2D eigenvalue weighted by Gasteiger charge is -2.50. The van der Waals surface area contributed by atoms with Gasteiger partial charge in [-0.1, -0.05) is 30.0 Å². The second-order valence-corrected chi connectivity index (χ2v) is 8.57. The third kappa shape index (κ3) is 1.34. The third-order valence-corrected chi connectivity index (χ3v) is 8.09. The van der Waals surface area contributed by atoms with E-state index < -0.39 is 0 Å². The molecule has 118 valence electrons. The van der Waals surface area contributed by atoms with E-state index in [0.29, 0.717) is 0 Å². The molecule has 2 aliphatic heterocycles. The van der Waals surface area contributed by atoms with Gasteiger partial charge in [0.05, 0.1) is 16.7 Å². The molecular weight excluding hydrogens is 300 g/mol. The highest BCUT2D eigenvalue weighted by Gasteiger charge is 2.63. The van der Waals surface area contributed by atoms with Gasteiger partial charge in [-0.3, -0.25) is 5.01 Å². The van der Waals surface area contributed by atoms with Gasteiger partial charge in [-0.25, -0.2) is 0 Å². The summed E-state index contributed by atoms with van der Waals surface area (Å²) < 4.78 is 0. The second kappa shape index (κ2) is 4.13. The number of nitrogens with zero attached hydrogens (tertiary/aromatic N) is 2. The minimum absolute atomic E-state index is 0.00275. The molecule has 1 aromatic carbocycles. The van der Waals surface area contributed by atoms with Crippen molar-refractivity contribution in [2.45, 2.75) is 55.9 Å². The Kier molecular flexibility index (Phi) is 2.50. The van der Waals surface area contributed by atoms with Gasteiger partial charge in [0, 0.05) is 22.4 Å². The van der Waals surface area contributed by atoms with Crippen molar-refractivity contribution in [1.29, 1.82) is 0 Å². The van der Waals surface area contributed by atoms with Crippen molar-refractivity contribution < 1.29 is 0 Å². The van der Waals surface area contributed by atoms with Gasteiger partial charge in [-0.05, 0) is 62.8 Å². The van der Waals surface area contributed by atoms with E-state index in [0.717, 1.165) is 0 Å². The van der Waals surface area contributed by atoms with Crippen molar-refractivity contribution in [2.24, 2.45) is 5.10 Å². The zero-order valence-electron chi connectivity index (χ0n) is 14.2. The van der Waals surface area contributed by atoms with Crippen LogP contribution in [0.25, 0.3) is 0 Å². The van der Waals surface area contributed by atoms with Gasteiger partial charge in [-0.15, -0.1) is 0 Å². The number of allylic oxidation sites excluding steroid dienone is 2. The maximum Gasteiger partial charge on any atom is 0.0956 e. The Morgan fingerprint density at radius 3 is 2.70 bits per heavy atom. The smallest absolute Gasteiger partial charge is 0.0956 e. The van der Waals surface area contributed by atoms with Crippen LogP contribution in [0.5, 0.6) is 0 Å². The van der Waals surface area contributed by atoms with E-state index in [9.17, 15) is 0 Å². The number of hydrogen-bond acceptors (Lipinski definition) is 3. The molecular formula is C20H22N2S. The van der Waals surface area contributed by atoms with Crippen molar-refractivity contribution in [3.8, 4) is 0 Å². The van der Waals surface area contributed by atoms with Crippen LogP contribution in [0.3, 0.4) is 0 Å². The van der Waals surface area contributed by atoms with Crippen LogP contribution in [-0.4, -0.2) is 23.3 Å². The van der Waals surface area contributed by atoms with Gasteiger partial charge in [0.15, 0.2) is 0 Å². The van der Waals surface area contributed by atoms with E-state index >= 15 is 0 Å². The average Bonchev–Trinajstić information content (AvgIpc) is 3.16. The van der Waals surface area contributed by atoms with Gasteiger partial charge < -0.3 is 0 Å². The molecule has 1 fully saturated rings. The number of hydrogen-bond donors (Lipinski definition) is 0. The van der Waals surface area contributed by atoms with Crippen LogP contribution in [0.2, 0.25) is 0 Å². The number of hydrazone groups is 1. The van der Waals surface area contributed by atoms with Crippen molar-refractivity contribution in [2.75, 3.05) is 7.05 Å². The molecule has 2 aliphatic carbocycles. The summed E-state index contributed by atoms with van der Waals surface area (Å²) in [5, 5.41) is 7.14. The van der Waals surface area contributed by atoms with Crippen molar-refractivity contribution in [1.82, 2.24) is 5.01 Å². The molecule has 5 rings (SSSR count). The minimum Gasteiger partial charge on any atom is -0.288 e. The van der Waals surface area contributed by atoms with Crippen LogP contribution in [-0.2, 0) is 5.41 Å². The third-order valence-electron chi connectivity index (χ3n) is 6.66. The fraction of sp³-hybridized carbons (Fsp3) is 0.450. The first-order chi connectivity index (χ1) is 11.0. The maximum absolute atomic E-state index is 4.90. The number of rotatable bonds is 0. The largest absolute Gasteiger partial charge is 0.288 e. The molecule has 0 bridgehead atoms. The molecule has 4 aliphatic rings. The second-order valence-electron chi connectivity index (χ2n) is 7.52. The van der Waals surface area contributed by atoms with Crippen LogP contribution in [0.4, 0.5) is 0 Å². The topological polar surface area (TPSA) is 15.6 Å². The zero-order valence-corrected chi connectivity index (χ0v) is 15.0. The highest BCUT2D eigenvalue weighted by molar-refractivity contribution is 8.03. The Bertz CT molecular complexity index is 847. The van der Waals surface area contributed by atoms with E-state index in [-0.39, 0.29) is 11.0 Å². The molecule has 3 heteroatoms. The van der Waals surface area contributed by atoms with Gasteiger partial charge >= 0.3 is 0 Å². The lowest BCUT2D eigenvalue weighted by molar-refractivity contribution is 0.131. The molecule has 2 heterocycles. The van der Waals surface area contributed by atoms with Crippen LogP contribution < -0.4 is 0 Å². The maximum atomic E-state index is 4.90. The molecule has 0 spiro atoms. The van der Waals surface area contributed by atoms with E-state index in [1.54, 1.807) is 16.1 Å². The summed E-state index contributed by atoms with van der Waals surface area (Å²) in [6.07, 6.45) is 3.74. The van der Waals surface area contributed by atoms with E-state index in [1.807, 2.05) is 11.8 Å². The fourth-order valence-electron chi connectivity index (χ4n) is 5.39. The molecule has 1 aromatic rings. The molecule has 2 atom stereocenters. The average molecular weight is 322 g/mol. The van der Waals surface area contributed by atoms with Crippen LogP contribution >= 0.6 is 11.8 Å². The number of fused-ring (bicyclic) bond motifs is 6. The first-order valence-electron chi connectivity index (χ1n) is 8.54. The number of thioether (sulfide) groups is 1. The van der Waals surface area contributed by atoms with Gasteiger partial charge in [0.2, 0.25) is 0 Å². The monoisotopic (exact) mass is 322 g/mol. The quantitative estimate of drug-likeness (QED) is 0.676. The van der Waals surface area contributed by atoms with Crippen LogP contribution in [0.1, 0.15) is 45.6 Å². The lowest BCUT2D eigenvalue weighted by Crippen LogP contribution is -2.57. The first kappa shape index (κ1) is 13.9. The molecule has 2 nitrogen and oxygen atoms in total. The van der Waals surface area contributed by atoms with Gasteiger partial charge in [0.25, 0.3) is 0 Å². The molecule has 2 unspecified atom stereocenters. The summed E-state index contributed by atoms with van der Waals surface area (Å²) in [5.74, 6) is 0. The van der Waals surface area contributed by atoms with E-state index in [4.69, 9.17) is 5.10 Å². The van der Waals surface area contributed by atoms with Crippen molar-refractivity contribution in [3.63, 3.8) is 0 Å². The summed E-state index contributed by atoms with van der Waals surface area (Å²) in [7, 11) is 2.16. The molecule has 0 radical (unpaired) electrons. The van der Waals surface area contributed by atoms with Crippen LogP contribution in [0, 0.1) is 0 Å². The highest BCUT2D eigenvalue weighted by Crippen LogP contribution is 2.67. The Morgan fingerprint density at radius 1 is 1.13 bits per heavy atom. The predicted octanol–water partition coefficient (Wildman–Crippen LogP) is 4.88. The van der Waals surface area contributed by atoms with Crippen LogP contribution in [0.15, 0.2) is 55.9 Å². The Balaban J connectivity index is 1.91. The SMILES string of the molecule is CC1=NN(C)C2(C)C1=C1CCCC1=C1Sc3ccccc3C12C. The predicted molar refractivity (Wildman–Crippen MR) is 96.8 cm³/mol. The summed E-state index contributed by atoms with van der Waals surface area (Å²) in [6, 6.07) is 8.99. The first-order valence-corrected chi connectivity index (χ1v) is 9.35. The molecule has 23 heavy (non-hydrogen) atoms. The number of likely N-dealkylation sites (N-methyl/N-ethyl adjacent to an activating group) is 1. The normalized spacial score (nSPS) is 34.4. The minimum atomic E-state index is -0.0742. The summed E-state index contributed by atoms with van der Waals surface area (Å²) in [5.41, 5.74) is 7.38. The summed E-state index contributed by atoms with van der Waals surface area (Å²) in [4.78, 5) is 3.03. The zero-order chi connectivity index (χ0) is 16.0. The highest BCUT2D eigenvalue weighted by atomic mass is 32.2. The van der Waals surface area contributed by atoms with Crippen molar-refractivity contribution in [3.05, 3.63) is 51.5 Å². The molecule has 1 saturated carbocycles. The van der Waals surface area contributed by atoms with Crippen molar-refractivity contribution >= 4 is 17.5 Å². The molecule has 0 saturated heterocycles. The van der Waals surface area contributed by atoms with E-state index in [1.165, 1.54) is 41.0 Å². The molecule has 0 amide bonds. The summed E-state index contributed by atoms with van der Waals surface area (Å²) >= 11 is 2.01. The van der Waals surface area contributed by atoms with Gasteiger partial charge in [0.1, 0.15) is 0 Å². The Morgan fingerprint density at radius 2 is 1.87 bits per heavy atom. The molecule has 0 N–H and O–H groups in total. The summed E-state index contributed by atoms with van der Waals surface area (Å²) in [6.45, 7) is 7.06. The Hall–Kier alpha value is -1.48. The van der Waals surface area contributed by atoms with E-state index in [2.05, 4.69) is 57.1 Å². The number of benzene rings is 1. The lowest BCUT2D eigenvalue weighted by atomic mass is 9.59. The fourth-order valence-corrected chi connectivity index (χ4v) is 7.00. The Labute approximate surface area is 142 Å².